The van der Waals surface area contributed by atoms with Crippen LogP contribution in [0.1, 0.15) is 33.1 Å². The van der Waals surface area contributed by atoms with E-state index in [9.17, 15) is 13.2 Å². The van der Waals surface area contributed by atoms with Gasteiger partial charge in [-0.2, -0.15) is 13.2 Å². The molecule has 0 aromatic rings. The van der Waals surface area contributed by atoms with Crippen LogP contribution in [0.2, 0.25) is 0 Å². The Morgan fingerprint density at radius 1 is 1.18 bits per heavy atom. The summed E-state index contributed by atoms with van der Waals surface area (Å²) < 4.78 is 37.6. The van der Waals surface area contributed by atoms with Gasteiger partial charge in [0.15, 0.2) is 0 Å². The van der Waals surface area contributed by atoms with Gasteiger partial charge in [0.2, 0.25) is 0 Å². The van der Waals surface area contributed by atoms with Crippen LogP contribution in [0.5, 0.6) is 0 Å². The maximum Gasteiger partial charge on any atom is 0.391 e. The molecule has 2 nitrogen and oxygen atoms in total. The molecule has 0 saturated carbocycles. The van der Waals surface area contributed by atoms with Crippen molar-refractivity contribution in [3.8, 4) is 0 Å². The SMILES string of the molecule is CC1(C)CC(N2CCC(C(F)(F)F)CC2)CN1. The summed E-state index contributed by atoms with van der Waals surface area (Å²) >= 11 is 0. The largest absolute Gasteiger partial charge is 0.391 e. The minimum Gasteiger partial charge on any atom is -0.310 e. The second-order valence-corrected chi connectivity index (χ2v) is 5.97. The van der Waals surface area contributed by atoms with Crippen LogP contribution >= 0.6 is 0 Å². The predicted molar refractivity (Wildman–Crippen MR) is 60.8 cm³/mol. The third kappa shape index (κ3) is 3.13. The predicted octanol–water partition coefficient (Wildman–Crippen LogP) is 2.40. The normalized spacial score (nSPS) is 31.9. The molecule has 2 heterocycles. The Bertz CT molecular complexity index is 267. The van der Waals surface area contributed by atoms with Crippen molar-refractivity contribution in [1.82, 2.24) is 10.2 Å². The molecule has 100 valence electrons. The molecule has 0 amide bonds. The molecule has 2 aliphatic heterocycles. The van der Waals surface area contributed by atoms with Gasteiger partial charge >= 0.3 is 6.18 Å². The zero-order valence-corrected chi connectivity index (χ0v) is 10.5. The third-order valence-corrected chi connectivity index (χ3v) is 4.07. The van der Waals surface area contributed by atoms with Crippen molar-refractivity contribution in [3.63, 3.8) is 0 Å². The molecule has 5 heteroatoms. The Kier molecular flexibility index (Phi) is 3.42. The fourth-order valence-corrected chi connectivity index (χ4v) is 2.98. The first kappa shape index (κ1) is 13.1. The number of nitrogens with one attached hydrogen (secondary N) is 1. The van der Waals surface area contributed by atoms with Crippen LogP contribution in [-0.2, 0) is 0 Å². The van der Waals surface area contributed by atoms with Crippen molar-refractivity contribution in [2.45, 2.75) is 50.9 Å². The molecule has 2 fully saturated rings. The van der Waals surface area contributed by atoms with Crippen LogP contribution in [0.3, 0.4) is 0 Å². The number of piperidine rings is 1. The van der Waals surface area contributed by atoms with Gasteiger partial charge < -0.3 is 5.32 Å². The number of alkyl halides is 3. The summed E-state index contributed by atoms with van der Waals surface area (Å²) in [5.41, 5.74) is 0.130. The van der Waals surface area contributed by atoms with Crippen LogP contribution < -0.4 is 5.32 Å². The standard InChI is InChI=1S/C12H21F3N2/c1-11(2)7-10(8-16-11)17-5-3-9(4-6-17)12(13,14)15/h9-10,16H,3-8H2,1-2H3. The van der Waals surface area contributed by atoms with E-state index in [0.717, 1.165) is 13.0 Å². The van der Waals surface area contributed by atoms with E-state index in [0.29, 0.717) is 19.1 Å². The van der Waals surface area contributed by atoms with E-state index in [1.165, 1.54) is 0 Å². The molecule has 0 radical (unpaired) electrons. The van der Waals surface area contributed by atoms with Crippen LogP contribution in [0.4, 0.5) is 13.2 Å². The van der Waals surface area contributed by atoms with E-state index in [1.807, 2.05) is 0 Å². The Morgan fingerprint density at radius 3 is 2.18 bits per heavy atom. The van der Waals surface area contributed by atoms with E-state index in [1.54, 1.807) is 0 Å². The number of hydrogen-bond donors (Lipinski definition) is 1. The van der Waals surface area contributed by atoms with Gasteiger partial charge in [-0.1, -0.05) is 0 Å². The zero-order chi connectivity index (χ0) is 12.7. The van der Waals surface area contributed by atoms with Crippen molar-refractivity contribution in [2.24, 2.45) is 5.92 Å². The van der Waals surface area contributed by atoms with E-state index < -0.39 is 12.1 Å². The highest BCUT2D eigenvalue weighted by atomic mass is 19.4. The molecule has 0 aromatic carbocycles. The van der Waals surface area contributed by atoms with Gasteiger partial charge in [0.25, 0.3) is 0 Å². The molecule has 1 atom stereocenters. The molecule has 2 aliphatic rings. The zero-order valence-electron chi connectivity index (χ0n) is 10.5. The van der Waals surface area contributed by atoms with Crippen molar-refractivity contribution in [3.05, 3.63) is 0 Å². The van der Waals surface area contributed by atoms with Gasteiger partial charge in [-0.3, -0.25) is 4.90 Å². The summed E-state index contributed by atoms with van der Waals surface area (Å²) in [6, 6.07) is 0.416. The van der Waals surface area contributed by atoms with Gasteiger partial charge in [0.05, 0.1) is 5.92 Å². The lowest BCUT2D eigenvalue weighted by molar-refractivity contribution is -0.186. The summed E-state index contributed by atoms with van der Waals surface area (Å²) in [6.45, 7) is 6.38. The Balaban J connectivity index is 1.84. The van der Waals surface area contributed by atoms with E-state index in [2.05, 4.69) is 24.1 Å². The molecule has 1 unspecified atom stereocenters. The van der Waals surface area contributed by atoms with Crippen molar-refractivity contribution in [2.75, 3.05) is 19.6 Å². The third-order valence-electron chi connectivity index (χ3n) is 4.07. The summed E-state index contributed by atoms with van der Waals surface area (Å²) in [6.07, 6.45) is -2.44. The van der Waals surface area contributed by atoms with Crippen molar-refractivity contribution < 1.29 is 13.2 Å². The minimum atomic E-state index is -4.00. The highest BCUT2D eigenvalue weighted by Gasteiger charge is 2.43. The lowest BCUT2D eigenvalue weighted by Crippen LogP contribution is -2.45. The Labute approximate surface area is 101 Å². The number of likely N-dealkylation sites (tertiary alicyclic amines) is 1. The minimum absolute atomic E-state index is 0.130. The van der Waals surface area contributed by atoms with Gasteiger partial charge in [-0.05, 0) is 46.2 Å². The average molecular weight is 250 g/mol. The molecule has 2 saturated heterocycles. The van der Waals surface area contributed by atoms with E-state index in [4.69, 9.17) is 0 Å². The average Bonchev–Trinajstić information content (AvgIpc) is 2.58. The van der Waals surface area contributed by atoms with Crippen LogP contribution in [0.15, 0.2) is 0 Å². The number of hydrogen-bond acceptors (Lipinski definition) is 2. The smallest absolute Gasteiger partial charge is 0.310 e. The first-order valence-corrected chi connectivity index (χ1v) is 6.34. The molecule has 0 bridgehead atoms. The molecular weight excluding hydrogens is 229 g/mol. The van der Waals surface area contributed by atoms with Crippen molar-refractivity contribution in [1.29, 1.82) is 0 Å². The molecule has 17 heavy (non-hydrogen) atoms. The monoisotopic (exact) mass is 250 g/mol. The lowest BCUT2D eigenvalue weighted by Gasteiger charge is -2.36. The van der Waals surface area contributed by atoms with Gasteiger partial charge in [-0.25, -0.2) is 0 Å². The highest BCUT2D eigenvalue weighted by molar-refractivity contribution is 4.95. The van der Waals surface area contributed by atoms with Gasteiger partial charge in [0, 0.05) is 18.1 Å². The van der Waals surface area contributed by atoms with E-state index in [-0.39, 0.29) is 18.4 Å². The van der Waals surface area contributed by atoms with Crippen LogP contribution in [0.25, 0.3) is 0 Å². The van der Waals surface area contributed by atoms with E-state index >= 15 is 0 Å². The Morgan fingerprint density at radius 2 is 1.76 bits per heavy atom. The fourth-order valence-electron chi connectivity index (χ4n) is 2.98. The van der Waals surface area contributed by atoms with Gasteiger partial charge in [-0.15, -0.1) is 0 Å². The molecule has 1 N–H and O–H groups in total. The van der Waals surface area contributed by atoms with Crippen LogP contribution in [0, 0.1) is 5.92 Å². The number of nitrogens with zero attached hydrogens (tertiary/aromatic N) is 1. The molecule has 2 rings (SSSR count). The summed E-state index contributed by atoms with van der Waals surface area (Å²) in [4.78, 5) is 2.23. The highest BCUT2D eigenvalue weighted by Crippen LogP contribution is 2.35. The Hall–Kier alpha value is -0.290. The second-order valence-electron chi connectivity index (χ2n) is 5.97. The summed E-state index contributed by atoms with van der Waals surface area (Å²) in [7, 11) is 0. The molecule has 0 aliphatic carbocycles. The maximum absolute atomic E-state index is 12.5. The molecule has 0 aromatic heterocycles. The topological polar surface area (TPSA) is 15.3 Å². The second kappa shape index (κ2) is 4.43. The summed E-state index contributed by atoms with van der Waals surface area (Å²) in [5, 5.41) is 3.42. The van der Waals surface area contributed by atoms with Gasteiger partial charge in [0.1, 0.15) is 0 Å². The fraction of sp³-hybridized carbons (Fsp3) is 1.00. The summed E-state index contributed by atoms with van der Waals surface area (Å²) in [5.74, 6) is -1.08. The number of rotatable bonds is 1. The maximum atomic E-state index is 12.5. The number of halogens is 3. The van der Waals surface area contributed by atoms with Crippen molar-refractivity contribution >= 4 is 0 Å². The molecule has 0 spiro atoms. The van der Waals surface area contributed by atoms with Crippen LogP contribution in [-0.4, -0.2) is 42.3 Å². The molecular formula is C12H21F3N2. The first-order valence-electron chi connectivity index (χ1n) is 6.34. The first-order chi connectivity index (χ1) is 7.78. The quantitative estimate of drug-likeness (QED) is 0.768. The lowest BCUT2D eigenvalue weighted by atomic mass is 9.93.